The standard InChI is InChI=1S/C20H16N6/c1-22-18-19(21)24-13-25-20(18)23-11-15-12-26-10-6-5-9-16(26)17(15)14-7-3-2-4-8-14/h2-10,12-13H,11H2,(H3,21,23,24,25). The molecule has 3 heterocycles. The second-order valence-corrected chi connectivity index (χ2v) is 5.81. The molecular weight excluding hydrogens is 324 g/mol. The second-order valence-electron chi connectivity index (χ2n) is 5.81. The van der Waals surface area contributed by atoms with E-state index in [1.807, 2.05) is 36.5 Å². The highest BCUT2D eigenvalue weighted by atomic mass is 15.1. The van der Waals surface area contributed by atoms with Crippen molar-refractivity contribution in [1.29, 1.82) is 0 Å². The maximum absolute atomic E-state index is 7.29. The van der Waals surface area contributed by atoms with Crippen molar-refractivity contribution >= 4 is 22.8 Å². The molecule has 0 bridgehead atoms. The van der Waals surface area contributed by atoms with Crippen molar-refractivity contribution in [3.05, 3.63) is 84.2 Å². The highest BCUT2D eigenvalue weighted by Gasteiger charge is 2.14. The summed E-state index contributed by atoms with van der Waals surface area (Å²) < 4.78 is 2.10. The molecule has 4 rings (SSSR count). The van der Waals surface area contributed by atoms with Crippen molar-refractivity contribution in [2.24, 2.45) is 0 Å². The third-order valence-corrected chi connectivity index (χ3v) is 4.23. The Labute approximate surface area is 150 Å². The lowest BCUT2D eigenvalue weighted by atomic mass is 10.0. The Kier molecular flexibility index (Phi) is 3.96. The van der Waals surface area contributed by atoms with Gasteiger partial charge in [-0.1, -0.05) is 36.4 Å². The molecule has 0 aliphatic heterocycles. The summed E-state index contributed by atoms with van der Waals surface area (Å²) in [6, 6.07) is 16.4. The van der Waals surface area contributed by atoms with E-state index in [-0.39, 0.29) is 11.5 Å². The third kappa shape index (κ3) is 2.72. The van der Waals surface area contributed by atoms with Gasteiger partial charge in [-0.05, 0) is 23.3 Å². The SMILES string of the molecule is [C-]#[N+]c1c(N)ncnc1NCc1cn2ccccc2c1-c1ccccc1. The van der Waals surface area contributed by atoms with Crippen molar-refractivity contribution in [2.75, 3.05) is 11.1 Å². The number of nitrogens with zero attached hydrogens (tertiary/aromatic N) is 4. The van der Waals surface area contributed by atoms with Crippen LogP contribution in [0.25, 0.3) is 21.5 Å². The fourth-order valence-electron chi connectivity index (χ4n) is 3.06. The van der Waals surface area contributed by atoms with Crippen molar-refractivity contribution < 1.29 is 0 Å². The Hall–Kier alpha value is -3.85. The van der Waals surface area contributed by atoms with Gasteiger partial charge in [-0.25, -0.2) is 14.8 Å². The number of hydrogen-bond acceptors (Lipinski definition) is 4. The zero-order valence-electron chi connectivity index (χ0n) is 13.9. The van der Waals surface area contributed by atoms with Crippen LogP contribution in [-0.2, 0) is 6.54 Å². The molecule has 1 aromatic carbocycles. The number of pyridine rings is 1. The topological polar surface area (TPSA) is 72.6 Å². The lowest BCUT2D eigenvalue weighted by Crippen LogP contribution is -2.04. The number of nitrogens with one attached hydrogen (secondary N) is 1. The smallest absolute Gasteiger partial charge is 0.268 e. The number of aromatic nitrogens is 3. The Morgan fingerprint density at radius 2 is 1.88 bits per heavy atom. The molecule has 0 atom stereocenters. The summed E-state index contributed by atoms with van der Waals surface area (Å²) in [5.74, 6) is 0.629. The molecule has 26 heavy (non-hydrogen) atoms. The van der Waals surface area contributed by atoms with Crippen LogP contribution < -0.4 is 11.1 Å². The Bertz CT molecular complexity index is 1110. The number of anilines is 2. The van der Waals surface area contributed by atoms with E-state index in [9.17, 15) is 0 Å². The summed E-state index contributed by atoms with van der Waals surface area (Å²) in [6.07, 6.45) is 5.48. The van der Waals surface area contributed by atoms with Gasteiger partial charge in [0.25, 0.3) is 5.69 Å². The number of nitrogen functional groups attached to an aromatic ring is 1. The summed E-state index contributed by atoms with van der Waals surface area (Å²) in [5, 5.41) is 3.23. The van der Waals surface area contributed by atoms with Crippen molar-refractivity contribution in [2.45, 2.75) is 6.54 Å². The van der Waals surface area contributed by atoms with Gasteiger partial charge in [-0.2, -0.15) is 0 Å². The van der Waals surface area contributed by atoms with Gasteiger partial charge in [-0.15, -0.1) is 0 Å². The predicted molar refractivity (Wildman–Crippen MR) is 103 cm³/mol. The first-order chi connectivity index (χ1) is 12.8. The van der Waals surface area contributed by atoms with Gasteiger partial charge in [0.05, 0.1) is 12.1 Å². The molecule has 0 amide bonds. The van der Waals surface area contributed by atoms with E-state index in [0.29, 0.717) is 12.4 Å². The largest absolute Gasteiger partial charge is 0.392 e. The minimum atomic E-state index is 0.183. The van der Waals surface area contributed by atoms with Crippen molar-refractivity contribution in [3.63, 3.8) is 0 Å². The molecule has 0 spiro atoms. The molecule has 126 valence electrons. The number of nitrogens with two attached hydrogens (primary N) is 1. The van der Waals surface area contributed by atoms with Gasteiger partial charge >= 0.3 is 0 Å². The quantitative estimate of drug-likeness (QED) is 0.548. The summed E-state index contributed by atoms with van der Waals surface area (Å²) in [7, 11) is 0. The van der Waals surface area contributed by atoms with Gasteiger partial charge in [0.2, 0.25) is 0 Å². The average molecular weight is 340 g/mol. The zero-order chi connectivity index (χ0) is 17.9. The fourth-order valence-corrected chi connectivity index (χ4v) is 3.06. The van der Waals surface area contributed by atoms with Gasteiger partial charge < -0.3 is 15.5 Å². The van der Waals surface area contributed by atoms with Crippen LogP contribution >= 0.6 is 0 Å². The normalized spacial score (nSPS) is 10.6. The third-order valence-electron chi connectivity index (χ3n) is 4.23. The fraction of sp³-hybridized carbons (Fsp3) is 0.0500. The van der Waals surface area contributed by atoms with E-state index in [1.165, 1.54) is 6.33 Å². The summed E-state index contributed by atoms with van der Waals surface area (Å²) >= 11 is 0. The minimum Gasteiger partial charge on any atom is -0.392 e. The number of benzene rings is 1. The molecule has 0 fully saturated rings. The maximum atomic E-state index is 7.29. The predicted octanol–water partition coefficient (Wildman–Crippen LogP) is 4.14. The lowest BCUT2D eigenvalue weighted by molar-refractivity contribution is 1.08. The van der Waals surface area contributed by atoms with Crippen LogP contribution in [0.15, 0.2) is 67.3 Å². The molecule has 0 saturated carbocycles. The van der Waals surface area contributed by atoms with Crippen molar-refractivity contribution in [1.82, 2.24) is 14.4 Å². The first kappa shape index (κ1) is 15.7. The van der Waals surface area contributed by atoms with Crippen LogP contribution in [0.2, 0.25) is 0 Å². The van der Waals surface area contributed by atoms with Crippen LogP contribution in [0.1, 0.15) is 5.56 Å². The van der Waals surface area contributed by atoms with Gasteiger partial charge in [-0.3, -0.25) is 0 Å². The first-order valence-corrected chi connectivity index (χ1v) is 8.13. The van der Waals surface area contributed by atoms with Gasteiger partial charge in [0, 0.05) is 24.5 Å². The molecule has 3 N–H and O–H groups in total. The molecule has 3 aromatic heterocycles. The number of fused-ring (bicyclic) bond motifs is 1. The molecule has 0 aliphatic rings. The van der Waals surface area contributed by atoms with Crippen molar-refractivity contribution in [3.8, 4) is 11.1 Å². The monoisotopic (exact) mass is 340 g/mol. The average Bonchev–Trinajstić information content (AvgIpc) is 3.05. The maximum Gasteiger partial charge on any atom is 0.268 e. The Balaban J connectivity index is 1.76. The summed E-state index contributed by atoms with van der Waals surface area (Å²) in [4.78, 5) is 11.5. The van der Waals surface area contributed by atoms with E-state index < -0.39 is 0 Å². The van der Waals surface area contributed by atoms with E-state index in [4.69, 9.17) is 12.3 Å². The lowest BCUT2D eigenvalue weighted by Gasteiger charge is -2.09. The second kappa shape index (κ2) is 6.57. The molecule has 6 heteroatoms. The zero-order valence-corrected chi connectivity index (χ0v) is 13.9. The van der Waals surface area contributed by atoms with E-state index in [1.54, 1.807) is 0 Å². The van der Waals surface area contributed by atoms with Crippen LogP contribution in [0.3, 0.4) is 0 Å². The van der Waals surface area contributed by atoms with Crippen LogP contribution in [0.5, 0.6) is 0 Å². The van der Waals surface area contributed by atoms with Crippen LogP contribution in [-0.4, -0.2) is 14.4 Å². The molecule has 0 radical (unpaired) electrons. The molecule has 0 saturated heterocycles. The van der Waals surface area contributed by atoms with E-state index >= 15 is 0 Å². The molecule has 0 unspecified atom stereocenters. The van der Waals surface area contributed by atoms with Gasteiger partial charge in [0.1, 0.15) is 18.0 Å². The summed E-state index contributed by atoms with van der Waals surface area (Å²) in [6.45, 7) is 7.81. The number of hydrogen-bond donors (Lipinski definition) is 2. The van der Waals surface area contributed by atoms with Crippen LogP contribution in [0.4, 0.5) is 17.3 Å². The van der Waals surface area contributed by atoms with E-state index in [0.717, 1.165) is 22.2 Å². The minimum absolute atomic E-state index is 0.183. The molecule has 6 nitrogen and oxygen atoms in total. The van der Waals surface area contributed by atoms with Gasteiger partial charge in [0.15, 0.2) is 0 Å². The van der Waals surface area contributed by atoms with Crippen LogP contribution in [0, 0.1) is 6.57 Å². The molecule has 4 aromatic rings. The van der Waals surface area contributed by atoms with E-state index in [2.05, 4.69) is 48.9 Å². The Morgan fingerprint density at radius 1 is 1.08 bits per heavy atom. The highest BCUT2D eigenvalue weighted by Crippen LogP contribution is 2.32. The molecular formula is C20H16N6. The molecule has 0 aliphatic carbocycles. The Morgan fingerprint density at radius 3 is 2.69 bits per heavy atom. The summed E-state index contributed by atoms with van der Waals surface area (Å²) in [5.41, 5.74) is 10.6. The highest BCUT2D eigenvalue weighted by molar-refractivity contribution is 5.84. The number of rotatable bonds is 4. The first-order valence-electron chi connectivity index (χ1n) is 8.13.